The van der Waals surface area contributed by atoms with Crippen LogP contribution in [0.1, 0.15) is 29.1 Å². The Morgan fingerprint density at radius 3 is 2.46 bits per heavy atom. The fourth-order valence-corrected chi connectivity index (χ4v) is 2.12. The molecule has 0 spiro atoms. The Bertz CT molecular complexity index is 793. The monoisotopic (exact) mass is 365 g/mol. The van der Waals surface area contributed by atoms with Crippen molar-refractivity contribution in [2.45, 2.75) is 13.0 Å². The lowest BCUT2D eigenvalue weighted by molar-refractivity contribution is -0.125. The normalized spacial score (nSPS) is 11.5. The van der Waals surface area contributed by atoms with Crippen LogP contribution in [0, 0.1) is 11.6 Å². The highest BCUT2D eigenvalue weighted by atomic mass is 19.1. The van der Waals surface area contributed by atoms with Crippen LogP contribution in [0.4, 0.5) is 8.78 Å². The predicted octanol–water partition coefficient (Wildman–Crippen LogP) is 1.28. The zero-order valence-corrected chi connectivity index (χ0v) is 13.8. The molecule has 26 heavy (non-hydrogen) atoms. The molecule has 1 heterocycles. The lowest BCUT2D eigenvalue weighted by Crippen LogP contribution is -2.42. The van der Waals surface area contributed by atoms with Gasteiger partial charge in [0.15, 0.2) is 5.76 Å². The van der Waals surface area contributed by atoms with E-state index in [1.807, 2.05) is 0 Å². The van der Waals surface area contributed by atoms with Gasteiger partial charge in [-0.2, -0.15) is 0 Å². The number of hydrogen-bond acceptors (Lipinski definition) is 4. The molecule has 7 nitrogen and oxygen atoms in total. The standard InChI is InChI=1S/C17H17F2N3O4/c1-10(12-5-4-11(18)7-13(12)19)22-16(24)9-20-15(23)8-21-17(25)14-3-2-6-26-14/h2-7,10H,8-9H2,1H3,(H,20,23)(H,21,25)(H,22,24)/t10-/m0/s1. The molecule has 0 aliphatic rings. The fraction of sp³-hybridized carbons (Fsp3) is 0.235. The van der Waals surface area contributed by atoms with E-state index in [1.165, 1.54) is 31.4 Å². The molecule has 2 aromatic rings. The average Bonchev–Trinajstić information content (AvgIpc) is 3.12. The molecule has 0 radical (unpaired) electrons. The molecule has 1 atom stereocenters. The summed E-state index contributed by atoms with van der Waals surface area (Å²) in [6.45, 7) is 0.831. The fourth-order valence-electron chi connectivity index (χ4n) is 2.12. The highest BCUT2D eigenvalue weighted by Crippen LogP contribution is 2.17. The summed E-state index contributed by atoms with van der Waals surface area (Å²) in [5.74, 6) is -3.13. The van der Waals surface area contributed by atoms with Crippen LogP contribution in [0.3, 0.4) is 0 Å². The van der Waals surface area contributed by atoms with E-state index in [9.17, 15) is 23.2 Å². The number of nitrogens with one attached hydrogen (secondary N) is 3. The zero-order chi connectivity index (χ0) is 19.1. The second kappa shape index (κ2) is 8.75. The molecule has 0 saturated heterocycles. The smallest absolute Gasteiger partial charge is 0.287 e. The number of rotatable bonds is 7. The molecular weight excluding hydrogens is 348 g/mol. The van der Waals surface area contributed by atoms with Gasteiger partial charge in [0.2, 0.25) is 11.8 Å². The van der Waals surface area contributed by atoms with Crippen molar-refractivity contribution in [1.82, 2.24) is 16.0 Å². The van der Waals surface area contributed by atoms with Gasteiger partial charge in [0.1, 0.15) is 11.6 Å². The molecule has 0 fully saturated rings. The van der Waals surface area contributed by atoms with Gasteiger partial charge in [-0.25, -0.2) is 8.78 Å². The SMILES string of the molecule is C[C@H](NC(=O)CNC(=O)CNC(=O)c1ccco1)c1ccc(F)cc1F. The third kappa shape index (κ3) is 5.40. The molecule has 0 aliphatic carbocycles. The van der Waals surface area contributed by atoms with Crippen molar-refractivity contribution in [3.63, 3.8) is 0 Å². The molecule has 2 rings (SSSR count). The van der Waals surface area contributed by atoms with Crippen LogP contribution in [0.2, 0.25) is 0 Å². The molecule has 0 aliphatic heterocycles. The van der Waals surface area contributed by atoms with Gasteiger partial charge in [-0.15, -0.1) is 0 Å². The van der Waals surface area contributed by atoms with Crippen LogP contribution >= 0.6 is 0 Å². The second-order valence-electron chi connectivity index (χ2n) is 5.39. The minimum Gasteiger partial charge on any atom is -0.459 e. The van der Waals surface area contributed by atoms with Gasteiger partial charge in [-0.3, -0.25) is 14.4 Å². The van der Waals surface area contributed by atoms with Crippen LogP contribution in [-0.2, 0) is 9.59 Å². The summed E-state index contributed by atoms with van der Waals surface area (Å²) in [5.41, 5.74) is 0.122. The summed E-state index contributed by atoms with van der Waals surface area (Å²) in [4.78, 5) is 35.0. The van der Waals surface area contributed by atoms with Gasteiger partial charge in [0.05, 0.1) is 25.4 Å². The minimum absolute atomic E-state index is 0.0608. The van der Waals surface area contributed by atoms with Gasteiger partial charge < -0.3 is 20.4 Å². The molecule has 0 saturated carbocycles. The highest BCUT2D eigenvalue weighted by molar-refractivity contribution is 5.94. The number of carbonyl (C=O) groups is 3. The maximum Gasteiger partial charge on any atom is 0.287 e. The summed E-state index contributed by atoms with van der Waals surface area (Å²) in [7, 11) is 0. The van der Waals surface area contributed by atoms with E-state index in [4.69, 9.17) is 4.42 Å². The van der Waals surface area contributed by atoms with E-state index in [0.717, 1.165) is 12.1 Å². The van der Waals surface area contributed by atoms with Crippen LogP contribution in [0.25, 0.3) is 0 Å². The van der Waals surface area contributed by atoms with E-state index in [-0.39, 0.29) is 24.4 Å². The van der Waals surface area contributed by atoms with Crippen molar-refractivity contribution in [1.29, 1.82) is 0 Å². The Labute approximate surface area is 147 Å². The molecule has 3 amide bonds. The van der Waals surface area contributed by atoms with E-state index in [1.54, 1.807) is 0 Å². The predicted molar refractivity (Wildman–Crippen MR) is 87.0 cm³/mol. The average molecular weight is 365 g/mol. The van der Waals surface area contributed by atoms with Crippen LogP contribution in [0.15, 0.2) is 41.0 Å². The van der Waals surface area contributed by atoms with Crippen LogP contribution < -0.4 is 16.0 Å². The van der Waals surface area contributed by atoms with Crippen LogP contribution in [0.5, 0.6) is 0 Å². The number of furan rings is 1. The van der Waals surface area contributed by atoms with E-state index >= 15 is 0 Å². The quantitative estimate of drug-likeness (QED) is 0.688. The third-order valence-corrected chi connectivity index (χ3v) is 3.41. The van der Waals surface area contributed by atoms with E-state index in [0.29, 0.717) is 0 Å². The van der Waals surface area contributed by atoms with Crippen molar-refractivity contribution >= 4 is 17.7 Å². The minimum atomic E-state index is -0.775. The lowest BCUT2D eigenvalue weighted by atomic mass is 10.1. The topological polar surface area (TPSA) is 100 Å². The lowest BCUT2D eigenvalue weighted by Gasteiger charge is -2.15. The number of hydrogen-bond donors (Lipinski definition) is 3. The first-order valence-electron chi connectivity index (χ1n) is 7.69. The first-order chi connectivity index (χ1) is 12.4. The van der Waals surface area contributed by atoms with Crippen molar-refractivity contribution in [3.05, 3.63) is 59.6 Å². The number of carbonyl (C=O) groups excluding carboxylic acids is 3. The van der Waals surface area contributed by atoms with Gasteiger partial charge in [-0.1, -0.05) is 6.07 Å². The number of benzene rings is 1. The van der Waals surface area contributed by atoms with Crippen molar-refractivity contribution in [3.8, 4) is 0 Å². The van der Waals surface area contributed by atoms with E-state index in [2.05, 4.69) is 16.0 Å². The summed E-state index contributed by atoms with van der Waals surface area (Å²) in [6, 6.07) is 5.31. The molecule has 3 N–H and O–H groups in total. The maximum absolute atomic E-state index is 13.6. The first kappa shape index (κ1) is 19.1. The summed E-state index contributed by atoms with van der Waals surface area (Å²) in [6.07, 6.45) is 1.32. The van der Waals surface area contributed by atoms with Gasteiger partial charge in [-0.05, 0) is 25.1 Å². The Kier molecular flexibility index (Phi) is 6.42. The summed E-state index contributed by atoms with van der Waals surface area (Å²) in [5, 5.41) is 7.12. The molecular formula is C17H17F2N3O4. The second-order valence-corrected chi connectivity index (χ2v) is 5.39. The Morgan fingerprint density at radius 2 is 1.81 bits per heavy atom. The molecule has 138 valence electrons. The van der Waals surface area contributed by atoms with Gasteiger partial charge in [0, 0.05) is 11.6 Å². The Hall–Kier alpha value is -3.23. The third-order valence-electron chi connectivity index (χ3n) is 3.41. The molecule has 9 heteroatoms. The number of halogens is 2. The first-order valence-corrected chi connectivity index (χ1v) is 7.69. The molecule has 1 aromatic heterocycles. The van der Waals surface area contributed by atoms with Gasteiger partial charge in [0.25, 0.3) is 5.91 Å². The Balaban J connectivity index is 1.73. The highest BCUT2D eigenvalue weighted by Gasteiger charge is 2.15. The van der Waals surface area contributed by atoms with Crippen molar-refractivity contribution < 1.29 is 27.6 Å². The summed E-state index contributed by atoms with van der Waals surface area (Å²) < 4.78 is 31.4. The van der Waals surface area contributed by atoms with E-state index < -0.39 is 35.4 Å². The molecule has 0 unspecified atom stereocenters. The molecule has 0 bridgehead atoms. The zero-order valence-electron chi connectivity index (χ0n) is 13.8. The van der Waals surface area contributed by atoms with Crippen molar-refractivity contribution in [2.75, 3.05) is 13.1 Å². The largest absolute Gasteiger partial charge is 0.459 e. The van der Waals surface area contributed by atoms with Crippen LogP contribution in [-0.4, -0.2) is 30.8 Å². The maximum atomic E-state index is 13.6. The Morgan fingerprint density at radius 1 is 1.08 bits per heavy atom. The molecule has 1 aromatic carbocycles. The summed E-state index contributed by atoms with van der Waals surface area (Å²) >= 11 is 0. The van der Waals surface area contributed by atoms with Crippen molar-refractivity contribution in [2.24, 2.45) is 0 Å². The van der Waals surface area contributed by atoms with Gasteiger partial charge >= 0.3 is 0 Å². The number of amides is 3.